The third-order valence-corrected chi connectivity index (χ3v) is 3.76. The summed E-state index contributed by atoms with van der Waals surface area (Å²) < 4.78 is 24.9. The number of ether oxygens (including phenoxy) is 2. The largest absolute Gasteiger partial charge is 0.497 e. The van der Waals surface area contributed by atoms with Crippen molar-refractivity contribution in [1.82, 2.24) is 0 Å². The van der Waals surface area contributed by atoms with Gasteiger partial charge in [0, 0.05) is 6.54 Å². The van der Waals surface area contributed by atoms with Gasteiger partial charge in [-0.3, -0.25) is 0 Å². The van der Waals surface area contributed by atoms with E-state index >= 15 is 0 Å². The van der Waals surface area contributed by atoms with E-state index in [-0.39, 0.29) is 18.9 Å². The van der Waals surface area contributed by atoms with Crippen LogP contribution in [0.15, 0.2) is 40.9 Å². The number of rotatable bonds is 5. The van der Waals surface area contributed by atoms with Gasteiger partial charge >= 0.3 is 0 Å². The van der Waals surface area contributed by atoms with Gasteiger partial charge in [-0.15, -0.1) is 0 Å². The Labute approximate surface area is 125 Å². The van der Waals surface area contributed by atoms with Gasteiger partial charge in [0.15, 0.2) is 11.6 Å². The first-order valence-electron chi connectivity index (χ1n) is 6.08. The van der Waals surface area contributed by atoms with Crippen LogP contribution in [0.5, 0.6) is 11.5 Å². The minimum absolute atomic E-state index is 0.199. The molecule has 0 aliphatic rings. The average Bonchev–Trinajstić information content (AvgIpc) is 2.49. The Balaban J connectivity index is 2.08. The van der Waals surface area contributed by atoms with Crippen molar-refractivity contribution in [3.8, 4) is 11.5 Å². The minimum Gasteiger partial charge on any atom is -0.497 e. The van der Waals surface area contributed by atoms with Gasteiger partial charge in [-0.25, -0.2) is 4.39 Å². The van der Waals surface area contributed by atoms with Crippen LogP contribution in [0.25, 0.3) is 0 Å². The molecule has 20 heavy (non-hydrogen) atoms. The Morgan fingerprint density at radius 3 is 2.45 bits per heavy atom. The summed E-state index contributed by atoms with van der Waals surface area (Å²) in [5.41, 5.74) is 7.15. The topological polar surface area (TPSA) is 44.5 Å². The molecule has 0 saturated carbocycles. The number of halogens is 2. The molecular formula is C15H15BrFNO2. The fraction of sp³-hybridized carbons (Fsp3) is 0.200. The first-order valence-corrected chi connectivity index (χ1v) is 6.87. The summed E-state index contributed by atoms with van der Waals surface area (Å²) in [7, 11) is 1.61. The van der Waals surface area contributed by atoms with Crippen molar-refractivity contribution in [1.29, 1.82) is 0 Å². The highest BCUT2D eigenvalue weighted by molar-refractivity contribution is 9.10. The van der Waals surface area contributed by atoms with Gasteiger partial charge in [0.05, 0.1) is 11.6 Å². The Morgan fingerprint density at radius 1 is 1.15 bits per heavy atom. The molecule has 0 aliphatic carbocycles. The van der Waals surface area contributed by atoms with Crippen LogP contribution in [0.3, 0.4) is 0 Å². The van der Waals surface area contributed by atoms with Crippen LogP contribution >= 0.6 is 15.9 Å². The molecule has 0 bridgehead atoms. The van der Waals surface area contributed by atoms with Crippen molar-refractivity contribution in [3.63, 3.8) is 0 Å². The average molecular weight is 340 g/mol. The first-order chi connectivity index (χ1) is 9.65. The van der Waals surface area contributed by atoms with E-state index in [0.717, 1.165) is 11.3 Å². The van der Waals surface area contributed by atoms with Gasteiger partial charge in [0.25, 0.3) is 0 Å². The zero-order valence-electron chi connectivity index (χ0n) is 11.0. The van der Waals surface area contributed by atoms with Crippen molar-refractivity contribution in [2.75, 3.05) is 7.11 Å². The normalized spacial score (nSPS) is 10.4. The fourth-order valence-electron chi connectivity index (χ4n) is 1.72. The predicted molar refractivity (Wildman–Crippen MR) is 79.3 cm³/mol. The maximum Gasteiger partial charge on any atom is 0.179 e. The number of hydrogen-bond acceptors (Lipinski definition) is 3. The molecule has 0 atom stereocenters. The molecule has 2 aromatic rings. The highest BCUT2D eigenvalue weighted by Gasteiger charge is 2.11. The van der Waals surface area contributed by atoms with Gasteiger partial charge in [-0.05, 0) is 45.3 Å². The zero-order valence-corrected chi connectivity index (χ0v) is 12.6. The molecule has 0 aromatic heterocycles. The molecule has 0 saturated heterocycles. The summed E-state index contributed by atoms with van der Waals surface area (Å²) in [5.74, 6) is 0.543. The highest BCUT2D eigenvalue weighted by Crippen LogP contribution is 2.29. The predicted octanol–water partition coefficient (Wildman–Crippen LogP) is 3.63. The molecule has 0 heterocycles. The van der Waals surface area contributed by atoms with E-state index in [1.165, 1.54) is 0 Å². The van der Waals surface area contributed by atoms with E-state index in [2.05, 4.69) is 15.9 Å². The number of hydrogen-bond donors (Lipinski definition) is 1. The lowest BCUT2D eigenvalue weighted by atomic mass is 10.2. The standard InChI is InChI=1S/C15H15BrFNO2/c1-19-12-5-2-10(3-6-12)9-20-13-7-4-11(8-18)14(16)15(13)17/h2-7H,8-9,18H2,1H3. The van der Waals surface area contributed by atoms with Crippen LogP contribution in [0.2, 0.25) is 0 Å². The van der Waals surface area contributed by atoms with Crippen molar-refractivity contribution >= 4 is 15.9 Å². The lowest BCUT2D eigenvalue weighted by Gasteiger charge is -2.10. The van der Waals surface area contributed by atoms with E-state index < -0.39 is 5.82 Å². The second-order valence-corrected chi connectivity index (χ2v) is 4.98. The maximum atomic E-state index is 14.0. The molecule has 106 valence electrons. The summed E-state index contributed by atoms with van der Waals surface area (Å²) in [4.78, 5) is 0. The number of nitrogens with two attached hydrogens (primary N) is 1. The monoisotopic (exact) mass is 339 g/mol. The Bertz CT molecular complexity index is 587. The molecule has 0 spiro atoms. The summed E-state index contributed by atoms with van der Waals surface area (Å²) in [6.07, 6.45) is 0. The molecule has 3 nitrogen and oxygen atoms in total. The molecule has 2 N–H and O–H groups in total. The fourth-order valence-corrected chi connectivity index (χ4v) is 2.21. The summed E-state index contributed by atoms with van der Waals surface area (Å²) in [5, 5.41) is 0. The van der Waals surface area contributed by atoms with E-state index in [0.29, 0.717) is 10.0 Å². The van der Waals surface area contributed by atoms with Crippen molar-refractivity contribution in [2.45, 2.75) is 13.2 Å². The third kappa shape index (κ3) is 3.29. The van der Waals surface area contributed by atoms with Crippen LogP contribution in [0, 0.1) is 5.82 Å². The Kier molecular flexibility index (Phi) is 4.98. The minimum atomic E-state index is -0.429. The highest BCUT2D eigenvalue weighted by atomic mass is 79.9. The molecule has 2 rings (SSSR count). The Morgan fingerprint density at radius 2 is 1.85 bits per heavy atom. The summed E-state index contributed by atoms with van der Waals surface area (Å²) in [6, 6.07) is 10.8. The van der Waals surface area contributed by atoms with E-state index in [4.69, 9.17) is 15.2 Å². The van der Waals surface area contributed by atoms with E-state index in [9.17, 15) is 4.39 Å². The van der Waals surface area contributed by atoms with Crippen LogP contribution in [0.4, 0.5) is 4.39 Å². The van der Waals surface area contributed by atoms with E-state index in [1.807, 2.05) is 24.3 Å². The molecule has 5 heteroatoms. The van der Waals surface area contributed by atoms with Gasteiger partial charge in [-0.2, -0.15) is 0 Å². The third-order valence-electron chi connectivity index (χ3n) is 2.90. The molecule has 0 fully saturated rings. The lowest BCUT2D eigenvalue weighted by Crippen LogP contribution is -2.02. The molecule has 0 unspecified atom stereocenters. The molecule has 0 amide bonds. The van der Waals surface area contributed by atoms with Crippen molar-refractivity contribution < 1.29 is 13.9 Å². The zero-order chi connectivity index (χ0) is 14.5. The molecule has 2 aromatic carbocycles. The van der Waals surface area contributed by atoms with Gasteiger partial charge in [0.2, 0.25) is 0 Å². The second-order valence-electron chi connectivity index (χ2n) is 4.19. The number of benzene rings is 2. The van der Waals surface area contributed by atoms with Gasteiger partial charge in [-0.1, -0.05) is 18.2 Å². The molecule has 0 aliphatic heterocycles. The van der Waals surface area contributed by atoms with Gasteiger partial charge < -0.3 is 15.2 Å². The summed E-state index contributed by atoms with van der Waals surface area (Å²) >= 11 is 3.18. The number of methoxy groups -OCH3 is 1. The molecule has 0 radical (unpaired) electrons. The summed E-state index contributed by atoms with van der Waals surface area (Å²) in [6.45, 7) is 0.561. The van der Waals surface area contributed by atoms with Crippen LogP contribution in [0.1, 0.15) is 11.1 Å². The van der Waals surface area contributed by atoms with Crippen molar-refractivity contribution in [2.24, 2.45) is 5.73 Å². The van der Waals surface area contributed by atoms with Crippen molar-refractivity contribution in [3.05, 3.63) is 57.8 Å². The first kappa shape index (κ1) is 14.8. The van der Waals surface area contributed by atoms with Gasteiger partial charge in [0.1, 0.15) is 12.4 Å². The van der Waals surface area contributed by atoms with E-state index in [1.54, 1.807) is 19.2 Å². The van der Waals surface area contributed by atoms with Crippen LogP contribution in [-0.2, 0) is 13.2 Å². The van der Waals surface area contributed by atoms with Crippen LogP contribution < -0.4 is 15.2 Å². The second kappa shape index (κ2) is 6.72. The maximum absolute atomic E-state index is 14.0. The quantitative estimate of drug-likeness (QED) is 0.904. The van der Waals surface area contributed by atoms with Crippen LogP contribution in [-0.4, -0.2) is 7.11 Å². The lowest BCUT2D eigenvalue weighted by molar-refractivity contribution is 0.289. The Hall–Kier alpha value is -1.59. The molecular weight excluding hydrogens is 325 g/mol. The smallest absolute Gasteiger partial charge is 0.179 e. The SMILES string of the molecule is COc1ccc(COc2ccc(CN)c(Br)c2F)cc1.